The molecule has 1 heterocycles. The highest BCUT2D eigenvalue weighted by atomic mass is 35.5. The van der Waals surface area contributed by atoms with Gasteiger partial charge in [0.2, 0.25) is 5.91 Å². The summed E-state index contributed by atoms with van der Waals surface area (Å²) in [7, 11) is 1.38. The maximum Gasteiger partial charge on any atom is 0.341 e. The Morgan fingerprint density at radius 1 is 1.22 bits per heavy atom. The number of hydrogen-bond donors (Lipinski definition) is 1. The number of thioether (sulfide) groups is 1. The van der Waals surface area contributed by atoms with E-state index in [1.54, 1.807) is 11.8 Å². The van der Waals surface area contributed by atoms with Crippen LogP contribution in [-0.2, 0) is 22.4 Å². The highest BCUT2D eigenvalue weighted by molar-refractivity contribution is 7.99. The number of halogens is 1. The van der Waals surface area contributed by atoms with Crippen LogP contribution < -0.4 is 5.32 Å². The zero-order valence-electron chi connectivity index (χ0n) is 15.2. The first-order chi connectivity index (χ1) is 13.1. The van der Waals surface area contributed by atoms with Crippen molar-refractivity contribution in [1.29, 1.82) is 0 Å². The second kappa shape index (κ2) is 9.62. The van der Waals surface area contributed by atoms with E-state index in [2.05, 4.69) is 5.32 Å². The molecule has 0 bridgehead atoms. The van der Waals surface area contributed by atoms with Crippen molar-refractivity contribution in [2.45, 2.75) is 43.4 Å². The van der Waals surface area contributed by atoms with Gasteiger partial charge in [0.15, 0.2) is 0 Å². The average Bonchev–Trinajstić information content (AvgIpc) is 3.03. The first-order valence-electron chi connectivity index (χ1n) is 8.99. The third kappa shape index (κ3) is 5.27. The smallest absolute Gasteiger partial charge is 0.341 e. The van der Waals surface area contributed by atoms with Crippen LogP contribution in [0.25, 0.3) is 0 Å². The highest BCUT2D eigenvalue weighted by Gasteiger charge is 2.26. The molecule has 0 atom stereocenters. The van der Waals surface area contributed by atoms with Crippen LogP contribution in [0.4, 0.5) is 5.00 Å². The average molecular weight is 424 g/mol. The second-order valence-electron chi connectivity index (χ2n) is 6.36. The minimum Gasteiger partial charge on any atom is -0.465 e. The summed E-state index contributed by atoms with van der Waals surface area (Å²) < 4.78 is 4.94. The van der Waals surface area contributed by atoms with Gasteiger partial charge in [0.05, 0.1) is 12.7 Å². The number of anilines is 1. The summed E-state index contributed by atoms with van der Waals surface area (Å²) in [6, 6.07) is 7.69. The highest BCUT2D eigenvalue weighted by Crippen LogP contribution is 2.38. The lowest BCUT2D eigenvalue weighted by Gasteiger charge is -2.11. The van der Waals surface area contributed by atoms with Crippen molar-refractivity contribution in [3.63, 3.8) is 0 Å². The normalized spacial score (nSPS) is 13.1. The fourth-order valence-electron chi connectivity index (χ4n) is 3.11. The zero-order chi connectivity index (χ0) is 19.2. The maximum absolute atomic E-state index is 12.4. The number of amides is 1. The Bertz CT molecular complexity index is 817. The van der Waals surface area contributed by atoms with Gasteiger partial charge in [-0.3, -0.25) is 4.79 Å². The molecule has 4 nitrogen and oxygen atoms in total. The van der Waals surface area contributed by atoms with E-state index < -0.39 is 0 Å². The molecule has 27 heavy (non-hydrogen) atoms. The number of carbonyl (C=O) groups excluding carboxylic acids is 2. The van der Waals surface area contributed by atoms with Gasteiger partial charge in [0.25, 0.3) is 0 Å². The van der Waals surface area contributed by atoms with Gasteiger partial charge in [0.1, 0.15) is 5.00 Å². The lowest BCUT2D eigenvalue weighted by Crippen LogP contribution is -2.14. The van der Waals surface area contributed by atoms with E-state index >= 15 is 0 Å². The molecule has 0 unspecified atom stereocenters. The second-order valence-corrected chi connectivity index (χ2v) is 9.07. The topological polar surface area (TPSA) is 55.4 Å². The van der Waals surface area contributed by atoms with Crippen molar-refractivity contribution in [3.05, 3.63) is 45.3 Å². The number of nitrogens with one attached hydrogen (secondary N) is 1. The number of thiophene rings is 1. The van der Waals surface area contributed by atoms with Crippen molar-refractivity contribution in [2.24, 2.45) is 0 Å². The van der Waals surface area contributed by atoms with E-state index in [0.29, 0.717) is 17.0 Å². The Hall–Kier alpha value is -1.50. The lowest BCUT2D eigenvalue weighted by molar-refractivity contribution is -0.116. The fourth-order valence-corrected chi connectivity index (χ4v) is 5.39. The number of benzene rings is 1. The number of rotatable bonds is 7. The molecule has 2 aromatic rings. The molecule has 1 amide bonds. The third-order valence-corrected chi connectivity index (χ3v) is 7.00. The van der Waals surface area contributed by atoms with Crippen molar-refractivity contribution in [2.75, 3.05) is 18.2 Å². The molecule has 0 spiro atoms. The number of fused-ring (bicyclic) bond motifs is 1. The lowest BCUT2D eigenvalue weighted by atomic mass is 9.95. The molecule has 1 aromatic carbocycles. The largest absolute Gasteiger partial charge is 0.465 e. The van der Waals surface area contributed by atoms with Crippen LogP contribution in [0, 0.1) is 0 Å². The van der Waals surface area contributed by atoms with Crippen LogP contribution in [0.1, 0.15) is 46.5 Å². The number of methoxy groups -OCH3 is 1. The van der Waals surface area contributed by atoms with Gasteiger partial charge in [-0.05, 0) is 67.7 Å². The number of aryl methyl sites for hydroxylation is 1. The van der Waals surface area contributed by atoms with Crippen LogP contribution >= 0.6 is 34.7 Å². The van der Waals surface area contributed by atoms with Gasteiger partial charge in [-0.15, -0.1) is 23.1 Å². The summed E-state index contributed by atoms with van der Waals surface area (Å²) in [5.41, 5.74) is 1.62. The van der Waals surface area contributed by atoms with Gasteiger partial charge in [-0.2, -0.15) is 0 Å². The van der Waals surface area contributed by atoms with Gasteiger partial charge < -0.3 is 10.1 Å². The first kappa shape index (κ1) is 20.2. The van der Waals surface area contributed by atoms with Gasteiger partial charge >= 0.3 is 5.97 Å². The number of carbonyl (C=O) groups is 2. The summed E-state index contributed by atoms with van der Waals surface area (Å²) in [4.78, 5) is 26.9. The molecule has 1 N–H and O–H groups in total. The van der Waals surface area contributed by atoms with E-state index in [0.717, 1.165) is 53.3 Å². The van der Waals surface area contributed by atoms with Crippen molar-refractivity contribution >= 4 is 51.6 Å². The Labute approximate surface area is 172 Å². The molecule has 144 valence electrons. The fraction of sp³-hybridized carbons (Fsp3) is 0.400. The Morgan fingerprint density at radius 2 is 1.96 bits per heavy atom. The van der Waals surface area contributed by atoms with E-state index in [4.69, 9.17) is 16.3 Å². The van der Waals surface area contributed by atoms with E-state index in [1.807, 2.05) is 24.3 Å². The summed E-state index contributed by atoms with van der Waals surface area (Å²) in [6.45, 7) is 0. The van der Waals surface area contributed by atoms with Gasteiger partial charge in [0, 0.05) is 21.2 Å². The van der Waals surface area contributed by atoms with Gasteiger partial charge in [-0.1, -0.05) is 11.6 Å². The third-order valence-electron chi connectivity index (χ3n) is 4.44. The summed E-state index contributed by atoms with van der Waals surface area (Å²) in [6.07, 6.45) is 5.23. The number of hydrogen-bond acceptors (Lipinski definition) is 5. The quantitative estimate of drug-likeness (QED) is 0.359. The minimum atomic E-state index is -0.358. The van der Waals surface area contributed by atoms with Crippen LogP contribution in [0.5, 0.6) is 0 Å². The minimum absolute atomic E-state index is 0.0598. The summed E-state index contributed by atoms with van der Waals surface area (Å²) >= 11 is 9.10. The van der Waals surface area contributed by atoms with E-state index in [-0.39, 0.29) is 11.9 Å². The zero-order valence-corrected chi connectivity index (χ0v) is 17.6. The van der Waals surface area contributed by atoms with Crippen LogP contribution in [0.2, 0.25) is 5.02 Å². The number of esters is 1. The first-order valence-corrected chi connectivity index (χ1v) is 11.2. The Morgan fingerprint density at radius 3 is 2.70 bits per heavy atom. The predicted molar refractivity (Wildman–Crippen MR) is 112 cm³/mol. The van der Waals surface area contributed by atoms with E-state index in [1.165, 1.54) is 23.3 Å². The number of ether oxygens (including phenoxy) is 1. The molecule has 0 saturated heterocycles. The molecular weight excluding hydrogens is 402 g/mol. The Kier molecular flexibility index (Phi) is 7.21. The molecule has 0 fully saturated rings. The van der Waals surface area contributed by atoms with Gasteiger partial charge in [-0.25, -0.2) is 4.79 Å². The monoisotopic (exact) mass is 423 g/mol. The predicted octanol–water partition coefficient (Wildman–Crippen LogP) is 5.58. The summed E-state index contributed by atoms with van der Waals surface area (Å²) in [5, 5.41) is 4.30. The SMILES string of the molecule is COC(=O)c1c(NC(=O)CCCSc2ccc(Cl)cc2)sc2c1CCCC2. The summed E-state index contributed by atoms with van der Waals surface area (Å²) in [5.74, 6) is 0.429. The molecule has 7 heteroatoms. The van der Waals surface area contributed by atoms with Crippen molar-refractivity contribution < 1.29 is 14.3 Å². The molecular formula is C20H22ClNO3S2. The van der Waals surface area contributed by atoms with E-state index in [9.17, 15) is 9.59 Å². The standard InChI is InChI=1S/C20H22ClNO3S2/c1-25-20(24)18-15-5-2-3-6-16(15)27-19(18)22-17(23)7-4-12-26-14-10-8-13(21)9-11-14/h8-11H,2-7,12H2,1H3,(H,22,23). The molecule has 1 aromatic heterocycles. The molecule has 0 saturated carbocycles. The van der Waals surface area contributed by atoms with Crippen molar-refractivity contribution in [3.8, 4) is 0 Å². The maximum atomic E-state index is 12.4. The molecule has 3 rings (SSSR count). The molecule has 1 aliphatic rings. The molecule has 0 radical (unpaired) electrons. The van der Waals surface area contributed by atoms with Crippen LogP contribution in [0.15, 0.2) is 29.2 Å². The molecule has 0 aliphatic heterocycles. The van der Waals surface area contributed by atoms with Crippen LogP contribution in [0.3, 0.4) is 0 Å². The molecule has 1 aliphatic carbocycles. The van der Waals surface area contributed by atoms with Crippen molar-refractivity contribution in [1.82, 2.24) is 0 Å². The van der Waals surface area contributed by atoms with Crippen LogP contribution in [-0.4, -0.2) is 24.7 Å². The Balaban J connectivity index is 1.55.